The molecule has 1 aromatic carbocycles. The first-order valence-corrected chi connectivity index (χ1v) is 7.78. The Morgan fingerprint density at radius 2 is 2.06 bits per heavy atom. The molecule has 100 valence electrons. The SMILES string of the molecule is CCCCN(CCBr)C(=O)c1cccc(Cl)c1Cl. The molecule has 0 atom stereocenters. The number of alkyl halides is 1. The molecule has 1 amide bonds. The van der Waals surface area contributed by atoms with Gasteiger partial charge in [-0.05, 0) is 18.6 Å². The van der Waals surface area contributed by atoms with E-state index in [0.717, 1.165) is 24.7 Å². The van der Waals surface area contributed by atoms with E-state index in [1.165, 1.54) is 0 Å². The molecule has 2 nitrogen and oxygen atoms in total. The number of carbonyl (C=O) groups is 1. The third-order valence-corrected chi connectivity index (χ3v) is 3.78. The van der Waals surface area contributed by atoms with E-state index in [2.05, 4.69) is 22.9 Å². The lowest BCUT2D eigenvalue weighted by molar-refractivity contribution is 0.0764. The lowest BCUT2D eigenvalue weighted by Crippen LogP contribution is -2.33. The maximum atomic E-state index is 12.4. The molecule has 0 saturated heterocycles. The van der Waals surface area contributed by atoms with Gasteiger partial charge in [-0.1, -0.05) is 58.5 Å². The molecule has 0 bridgehead atoms. The van der Waals surface area contributed by atoms with Crippen LogP contribution in [0.25, 0.3) is 0 Å². The third-order valence-electron chi connectivity index (χ3n) is 2.61. The van der Waals surface area contributed by atoms with Crippen molar-refractivity contribution in [3.05, 3.63) is 33.8 Å². The predicted octanol–water partition coefficient (Wildman–Crippen LogP) is 4.63. The first-order chi connectivity index (χ1) is 8.61. The van der Waals surface area contributed by atoms with Crippen LogP contribution in [0.3, 0.4) is 0 Å². The number of carbonyl (C=O) groups excluding carboxylic acids is 1. The molecule has 0 radical (unpaired) electrons. The molecule has 0 fully saturated rings. The van der Waals surface area contributed by atoms with Crippen molar-refractivity contribution in [1.82, 2.24) is 4.90 Å². The molecule has 0 unspecified atom stereocenters. The number of nitrogens with zero attached hydrogens (tertiary/aromatic N) is 1. The van der Waals surface area contributed by atoms with Gasteiger partial charge < -0.3 is 4.90 Å². The summed E-state index contributed by atoms with van der Waals surface area (Å²) in [6, 6.07) is 5.14. The average Bonchev–Trinajstić information content (AvgIpc) is 2.37. The number of hydrogen-bond donors (Lipinski definition) is 0. The summed E-state index contributed by atoms with van der Waals surface area (Å²) < 4.78 is 0. The summed E-state index contributed by atoms with van der Waals surface area (Å²) in [6.07, 6.45) is 2.03. The summed E-state index contributed by atoms with van der Waals surface area (Å²) in [7, 11) is 0. The second-order valence-corrected chi connectivity index (χ2v) is 5.51. The third kappa shape index (κ3) is 4.15. The van der Waals surface area contributed by atoms with Crippen LogP contribution in [-0.2, 0) is 0 Å². The van der Waals surface area contributed by atoms with Gasteiger partial charge in [-0.2, -0.15) is 0 Å². The molecule has 5 heteroatoms. The zero-order valence-corrected chi connectivity index (χ0v) is 13.4. The molecule has 0 spiro atoms. The van der Waals surface area contributed by atoms with E-state index in [0.29, 0.717) is 22.2 Å². The fourth-order valence-corrected chi connectivity index (χ4v) is 2.41. The van der Waals surface area contributed by atoms with Crippen molar-refractivity contribution in [2.45, 2.75) is 19.8 Å². The number of halogens is 3. The fraction of sp³-hybridized carbons (Fsp3) is 0.462. The number of benzene rings is 1. The monoisotopic (exact) mass is 351 g/mol. The van der Waals surface area contributed by atoms with Gasteiger partial charge in [0.2, 0.25) is 0 Å². The van der Waals surface area contributed by atoms with E-state index >= 15 is 0 Å². The Bertz CT molecular complexity index is 412. The first kappa shape index (κ1) is 15.8. The van der Waals surface area contributed by atoms with Crippen molar-refractivity contribution in [3.8, 4) is 0 Å². The van der Waals surface area contributed by atoms with Crippen molar-refractivity contribution < 1.29 is 4.79 Å². The van der Waals surface area contributed by atoms with Crippen molar-refractivity contribution in [3.63, 3.8) is 0 Å². The summed E-state index contributed by atoms with van der Waals surface area (Å²) >= 11 is 15.4. The van der Waals surface area contributed by atoms with Crippen LogP contribution in [0.5, 0.6) is 0 Å². The van der Waals surface area contributed by atoms with E-state index in [4.69, 9.17) is 23.2 Å². The molecule has 0 saturated carbocycles. The van der Waals surface area contributed by atoms with Crippen molar-refractivity contribution in [2.75, 3.05) is 18.4 Å². The predicted molar refractivity (Wildman–Crippen MR) is 81.1 cm³/mol. The van der Waals surface area contributed by atoms with Gasteiger partial charge in [0.15, 0.2) is 0 Å². The zero-order chi connectivity index (χ0) is 13.5. The molecule has 0 aliphatic carbocycles. The van der Waals surface area contributed by atoms with Crippen LogP contribution in [0, 0.1) is 0 Å². The minimum atomic E-state index is -0.0598. The molecular formula is C13H16BrCl2NO. The highest BCUT2D eigenvalue weighted by Gasteiger charge is 2.18. The lowest BCUT2D eigenvalue weighted by Gasteiger charge is -2.22. The average molecular weight is 353 g/mol. The number of unbranched alkanes of at least 4 members (excludes halogenated alkanes) is 1. The van der Waals surface area contributed by atoms with Gasteiger partial charge in [0, 0.05) is 18.4 Å². The van der Waals surface area contributed by atoms with Gasteiger partial charge in [-0.3, -0.25) is 4.79 Å². The molecule has 1 aromatic rings. The molecular weight excluding hydrogens is 337 g/mol. The maximum Gasteiger partial charge on any atom is 0.255 e. The van der Waals surface area contributed by atoms with Gasteiger partial charge in [0.1, 0.15) is 0 Å². The van der Waals surface area contributed by atoms with Gasteiger partial charge >= 0.3 is 0 Å². The summed E-state index contributed by atoms with van der Waals surface area (Å²) in [5.74, 6) is -0.0598. The van der Waals surface area contributed by atoms with Gasteiger partial charge in [-0.25, -0.2) is 0 Å². The van der Waals surface area contributed by atoms with Crippen LogP contribution < -0.4 is 0 Å². The Morgan fingerprint density at radius 1 is 1.33 bits per heavy atom. The molecule has 18 heavy (non-hydrogen) atoms. The van der Waals surface area contributed by atoms with Gasteiger partial charge in [0.05, 0.1) is 15.6 Å². The van der Waals surface area contributed by atoms with E-state index < -0.39 is 0 Å². The van der Waals surface area contributed by atoms with E-state index in [-0.39, 0.29) is 5.91 Å². The smallest absolute Gasteiger partial charge is 0.255 e. The first-order valence-electron chi connectivity index (χ1n) is 5.91. The van der Waals surface area contributed by atoms with Crippen LogP contribution in [0.4, 0.5) is 0 Å². The van der Waals surface area contributed by atoms with Crippen LogP contribution in [0.2, 0.25) is 10.0 Å². The number of rotatable bonds is 6. The van der Waals surface area contributed by atoms with Crippen LogP contribution in [-0.4, -0.2) is 29.2 Å². The quantitative estimate of drug-likeness (QED) is 0.683. The Balaban J connectivity index is 2.90. The fourth-order valence-electron chi connectivity index (χ4n) is 1.61. The minimum absolute atomic E-state index is 0.0598. The van der Waals surface area contributed by atoms with Crippen LogP contribution >= 0.6 is 39.1 Å². The van der Waals surface area contributed by atoms with E-state index in [1.54, 1.807) is 23.1 Å². The maximum absolute atomic E-state index is 12.4. The molecule has 0 aliphatic rings. The zero-order valence-electron chi connectivity index (χ0n) is 10.3. The standard InChI is InChI=1S/C13H16BrCl2NO/c1-2-3-8-17(9-7-14)13(18)10-5-4-6-11(15)12(10)16/h4-6H,2-3,7-9H2,1H3. The van der Waals surface area contributed by atoms with Gasteiger partial charge in [-0.15, -0.1) is 0 Å². The molecule has 0 N–H and O–H groups in total. The van der Waals surface area contributed by atoms with E-state index in [1.807, 2.05) is 0 Å². The number of amides is 1. The van der Waals surface area contributed by atoms with E-state index in [9.17, 15) is 4.79 Å². The Labute approximate surface area is 126 Å². The van der Waals surface area contributed by atoms with Gasteiger partial charge in [0.25, 0.3) is 5.91 Å². The highest BCUT2D eigenvalue weighted by molar-refractivity contribution is 9.09. The highest BCUT2D eigenvalue weighted by Crippen LogP contribution is 2.26. The normalized spacial score (nSPS) is 10.4. The summed E-state index contributed by atoms with van der Waals surface area (Å²) in [5, 5.41) is 1.50. The summed E-state index contributed by atoms with van der Waals surface area (Å²) in [4.78, 5) is 14.2. The topological polar surface area (TPSA) is 20.3 Å². The highest BCUT2D eigenvalue weighted by atomic mass is 79.9. The molecule has 1 rings (SSSR count). The number of hydrogen-bond acceptors (Lipinski definition) is 1. The lowest BCUT2D eigenvalue weighted by atomic mass is 10.2. The van der Waals surface area contributed by atoms with Crippen LogP contribution in [0.1, 0.15) is 30.1 Å². The Hall–Kier alpha value is -0.250. The minimum Gasteiger partial charge on any atom is -0.338 e. The molecule has 0 aliphatic heterocycles. The summed E-state index contributed by atoms with van der Waals surface area (Å²) in [5.41, 5.74) is 0.473. The Kier molecular flexibility index (Phi) is 7.05. The Morgan fingerprint density at radius 3 is 2.67 bits per heavy atom. The van der Waals surface area contributed by atoms with Crippen molar-refractivity contribution in [2.24, 2.45) is 0 Å². The second-order valence-electron chi connectivity index (χ2n) is 3.94. The molecule has 0 heterocycles. The van der Waals surface area contributed by atoms with Crippen molar-refractivity contribution >= 4 is 45.0 Å². The second kappa shape index (κ2) is 8.03. The summed E-state index contributed by atoms with van der Waals surface area (Å²) in [6.45, 7) is 3.51. The largest absolute Gasteiger partial charge is 0.338 e. The van der Waals surface area contributed by atoms with Crippen molar-refractivity contribution in [1.29, 1.82) is 0 Å². The molecule has 0 aromatic heterocycles. The van der Waals surface area contributed by atoms with Crippen LogP contribution in [0.15, 0.2) is 18.2 Å².